The van der Waals surface area contributed by atoms with E-state index in [-0.39, 0.29) is 38.1 Å². The number of aromatic amines is 1. The van der Waals surface area contributed by atoms with E-state index in [1.54, 1.807) is 19.1 Å². The van der Waals surface area contributed by atoms with Crippen molar-refractivity contribution in [1.82, 2.24) is 14.2 Å². The van der Waals surface area contributed by atoms with E-state index in [2.05, 4.69) is 15.7 Å². The van der Waals surface area contributed by atoms with Crippen LogP contribution in [0.1, 0.15) is 52.3 Å². The number of rotatable bonds is 13. The zero-order valence-electron chi connectivity index (χ0n) is 24.1. The Bertz CT molecular complexity index is 1320. The van der Waals surface area contributed by atoms with Gasteiger partial charge in [-0.15, -0.1) is 11.8 Å². The Labute approximate surface area is 244 Å². The van der Waals surface area contributed by atoms with Gasteiger partial charge in [0.05, 0.1) is 30.1 Å². The van der Waals surface area contributed by atoms with Gasteiger partial charge in [-0.2, -0.15) is 5.26 Å². The third-order valence-electron chi connectivity index (χ3n) is 6.15. The number of nitriles is 1. The molecule has 0 radical (unpaired) electrons. The summed E-state index contributed by atoms with van der Waals surface area (Å²) in [6.07, 6.45) is 0.566. The summed E-state index contributed by atoms with van der Waals surface area (Å²) in [4.78, 5) is 40.2. The van der Waals surface area contributed by atoms with E-state index < -0.39 is 44.4 Å². The Balaban J connectivity index is 1.84. The molecule has 2 aromatic rings. The lowest BCUT2D eigenvalue weighted by Gasteiger charge is -2.37. The third-order valence-corrected chi connectivity index (χ3v) is 9.08. The SMILES string of the molecule is CSc1ccccc1OC(=O)OCC1OC(n2cc(C)c(=O)[nH]c2=O)C[C@H]1OP(OCCC#N)N(C(C)C)C(C)C. The Kier molecular flexibility index (Phi) is 12.4. The normalized spacial score (nSPS) is 19.5. The molecule has 1 aromatic heterocycles. The van der Waals surface area contributed by atoms with E-state index >= 15 is 0 Å². The van der Waals surface area contributed by atoms with E-state index in [0.29, 0.717) is 11.3 Å². The van der Waals surface area contributed by atoms with Gasteiger partial charge in [0.2, 0.25) is 0 Å². The van der Waals surface area contributed by atoms with Gasteiger partial charge in [0.25, 0.3) is 14.1 Å². The minimum absolute atomic E-state index is 0.0620. The van der Waals surface area contributed by atoms with E-state index in [1.807, 2.05) is 46.1 Å². The Morgan fingerprint density at radius 3 is 2.63 bits per heavy atom. The largest absolute Gasteiger partial charge is 0.513 e. The molecule has 1 aliphatic heterocycles. The molecule has 1 saturated heterocycles. The van der Waals surface area contributed by atoms with Crippen molar-refractivity contribution < 1.29 is 28.1 Å². The molecule has 3 unspecified atom stereocenters. The number of hydrogen-bond donors (Lipinski definition) is 1. The summed E-state index contributed by atoms with van der Waals surface area (Å²) in [6, 6.07) is 9.29. The molecular formula is C27H37N4O8PS. The average molecular weight is 609 g/mol. The van der Waals surface area contributed by atoms with Crippen LogP contribution < -0.4 is 16.0 Å². The zero-order valence-corrected chi connectivity index (χ0v) is 25.8. The van der Waals surface area contributed by atoms with Crippen molar-refractivity contribution in [3.05, 3.63) is 56.9 Å². The van der Waals surface area contributed by atoms with Crippen molar-refractivity contribution >= 4 is 26.4 Å². The monoisotopic (exact) mass is 608 g/mol. The molecule has 0 amide bonds. The molecule has 14 heteroatoms. The summed E-state index contributed by atoms with van der Waals surface area (Å²) in [5.41, 5.74) is -0.768. The van der Waals surface area contributed by atoms with Crippen LogP contribution in [0.15, 0.2) is 44.9 Å². The number of hydrogen-bond acceptors (Lipinski definition) is 11. The van der Waals surface area contributed by atoms with Crippen molar-refractivity contribution in [3.8, 4) is 11.8 Å². The summed E-state index contributed by atoms with van der Waals surface area (Å²) in [5, 5.41) is 9.04. The standard InChI is InChI=1S/C27H37N4O8PS/c1-17(2)31(18(3)4)40(36-13-9-12-28)39-21-14-24(30-15-19(5)25(32)29-26(30)33)37-22(21)16-35-27(34)38-20-10-7-8-11-23(20)41-6/h7-8,10-11,15,17-18,21-22,24H,9,13-14,16H2,1-6H3,(H,29,32,33)/t21-,22?,24?,40?/m1/s1. The Hall–Kier alpha value is -2.72. The van der Waals surface area contributed by atoms with Gasteiger partial charge < -0.3 is 23.3 Å². The van der Waals surface area contributed by atoms with E-state index in [4.69, 9.17) is 28.5 Å². The molecule has 1 N–H and O–H groups in total. The maximum Gasteiger partial charge on any atom is 0.513 e. The Morgan fingerprint density at radius 1 is 1.27 bits per heavy atom. The molecule has 224 valence electrons. The molecular weight excluding hydrogens is 571 g/mol. The molecule has 0 bridgehead atoms. The summed E-state index contributed by atoms with van der Waals surface area (Å²) >= 11 is 1.43. The molecule has 0 aliphatic carbocycles. The number of thioether (sulfide) groups is 1. The first-order chi connectivity index (χ1) is 19.5. The second-order valence-corrected chi connectivity index (χ2v) is 12.1. The van der Waals surface area contributed by atoms with Gasteiger partial charge >= 0.3 is 11.8 Å². The van der Waals surface area contributed by atoms with Crippen LogP contribution in [0.2, 0.25) is 0 Å². The fourth-order valence-electron chi connectivity index (χ4n) is 4.31. The van der Waals surface area contributed by atoms with Crippen molar-refractivity contribution in [2.45, 2.75) is 82.9 Å². The number of carbonyl (C=O) groups excluding carboxylic acids is 1. The van der Waals surface area contributed by atoms with E-state index in [9.17, 15) is 14.4 Å². The minimum atomic E-state index is -1.65. The lowest BCUT2D eigenvalue weighted by molar-refractivity contribution is -0.0518. The van der Waals surface area contributed by atoms with Crippen molar-refractivity contribution in [3.63, 3.8) is 0 Å². The van der Waals surface area contributed by atoms with Gasteiger partial charge in [0, 0.05) is 30.3 Å². The fraction of sp³-hybridized carbons (Fsp3) is 0.556. The number of H-pyrrole nitrogens is 1. The topological polar surface area (TPSA) is 145 Å². The van der Waals surface area contributed by atoms with Crippen LogP contribution in [-0.4, -0.2) is 64.1 Å². The van der Waals surface area contributed by atoms with Crippen LogP contribution in [-0.2, 0) is 18.5 Å². The van der Waals surface area contributed by atoms with E-state index in [0.717, 1.165) is 4.90 Å². The molecule has 2 heterocycles. The van der Waals surface area contributed by atoms with Crippen LogP contribution in [0.25, 0.3) is 0 Å². The van der Waals surface area contributed by atoms with Gasteiger partial charge in [0.15, 0.2) is 0 Å². The van der Waals surface area contributed by atoms with Crippen molar-refractivity contribution in [1.29, 1.82) is 5.26 Å². The summed E-state index contributed by atoms with van der Waals surface area (Å²) in [6.45, 7) is 9.63. The van der Waals surface area contributed by atoms with Crippen LogP contribution >= 0.6 is 20.3 Å². The van der Waals surface area contributed by atoms with Crippen LogP contribution in [0.3, 0.4) is 0 Å². The highest BCUT2D eigenvalue weighted by Crippen LogP contribution is 2.50. The van der Waals surface area contributed by atoms with Gasteiger partial charge in [0.1, 0.15) is 24.7 Å². The molecule has 1 aliphatic rings. The minimum Gasteiger partial charge on any atom is -0.431 e. The third kappa shape index (κ3) is 8.88. The van der Waals surface area contributed by atoms with Gasteiger partial charge in [-0.3, -0.25) is 14.3 Å². The maximum atomic E-state index is 12.6. The molecule has 1 fully saturated rings. The van der Waals surface area contributed by atoms with Crippen LogP contribution in [0.5, 0.6) is 5.75 Å². The second-order valence-electron chi connectivity index (χ2n) is 9.85. The average Bonchev–Trinajstić information content (AvgIpc) is 3.31. The number of aromatic nitrogens is 2. The number of aryl methyl sites for hydroxylation is 1. The summed E-state index contributed by atoms with van der Waals surface area (Å²) in [5.74, 6) is 0.372. The summed E-state index contributed by atoms with van der Waals surface area (Å²) < 4.78 is 32.9. The van der Waals surface area contributed by atoms with Crippen molar-refractivity contribution in [2.75, 3.05) is 19.5 Å². The molecule has 12 nitrogen and oxygen atoms in total. The first kappa shape index (κ1) is 32.8. The maximum absolute atomic E-state index is 12.6. The molecule has 0 saturated carbocycles. The highest BCUT2D eigenvalue weighted by Gasteiger charge is 2.42. The van der Waals surface area contributed by atoms with Gasteiger partial charge in [-0.05, 0) is 53.0 Å². The second kappa shape index (κ2) is 15.5. The highest BCUT2D eigenvalue weighted by atomic mass is 32.2. The van der Waals surface area contributed by atoms with Crippen LogP contribution in [0.4, 0.5) is 4.79 Å². The van der Waals surface area contributed by atoms with Crippen LogP contribution in [0, 0.1) is 18.3 Å². The number of ether oxygens (including phenoxy) is 3. The summed E-state index contributed by atoms with van der Waals surface area (Å²) in [7, 11) is -1.65. The molecule has 3 rings (SSSR count). The predicted octanol–water partition coefficient (Wildman–Crippen LogP) is 4.73. The zero-order chi connectivity index (χ0) is 30.1. The number of benzene rings is 1. The molecule has 4 atom stereocenters. The molecule has 41 heavy (non-hydrogen) atoms. The lowest BCUT2D eigenvalue weighted by atomic mass is 10.2. The number of para-hydroxylation sites is 1. The van der Waals surface area contributed by atoms with Crippen molar-refractivity contribution in [2.24, 2.45) is 0 Å². The first-order valence-corrected chi connectivity index (χ1v) is 15.6. The number of nitrogens with zero attached hydrogens (tertiary/aromatic N) is 3. The number of carbonyl (C=O) groups is 1. The molecule has 1 aromatic carbocycles. The van der Waals surface area contributed by atoms with Gasteiger partial charge in [-0.25, -0.2) is 14.3 Å². The highest BCUT2D eigenvalue weighted by molar-refractivity contribution is 7.98. The quantitative estimate of drug-likeness (QED) is 0.111. The van der Waals surface area contributed by atoms with E-state index in [1.165, 1.54) is 22.5 Å². The smallest absolute Gasteiger partial charge is 0.431 e. The van der Waals surface area contributed by atoms with Gasteiger partial charge in [-0.1, -0.05) is 12.1 Å². The number of nitrogens with one attached hydrogen (secondary N) is 1. The fourth-order valence-corrected chi connectivity index (χ4v) is 6.60. The first-order valence-electron chi connectivity index (χ1n) is 13.3. The Morgan fingerprint density at radius 2 is 1.98 bits per heavy atom. The molecule has 0 spiro atoms. The predicted molar refractivity (Wildman–Crippen MR) is 155 cm³/mol. The lowest BCUT2D eigenvalue weighted by Crippen LogP contribution is -2.37.